The van der Waals surface area contributed by atoms with Crippen molar-refractivity contribution in [3.63, 3.8) is 0 Å². The highest BCUT2D eigenvalue weighted by Crippen LogP contribution is 2.38. The molecule has 0 bridgehead atoms. The lowest BCUT2D eigenvalue weighted by atomic mass is 10.1. The van der Waals surface area contributed by atoms with E-state index in [0.29, 0.717) is 37.6 Å². The third kappa shape index (κ3) is 4.22. The molecule has 1 N–H and O–H groups in total. The molecule has 1 saturated heterocycles. The summed E-state index contributed by atoms with van der Waals surface area (Å²) in [6.45, 7) is 4.59. The Balaban J connectivity index is 1.35. The number of hydrogen-bond donors (Lipinski definition) is 1. The van der Waals surface area contributed by atoms with Gasteiger partial charge in [-0.3, -0.25) is 0 Å². The molecule has 0 aliphatic carbocycles. The molecule has 2 aliphatic heterocycles. The van der Waals surface area contributed by atoms with Crippen LogP contribution >= 0.6 is 0 Å². The first-order chi connectivity index (χ1) is 16.1. The third-order valence-electron chi connectivity index (χ3n) is 5.90. The number of amidine groups is 1. The maximum absolute atomic E-state index is 12.9. The number of aliphatic imine (C=N–C) groups is 1. The second-order valence-corrected chi connectivity index (χ2v) is 8.11. The van der Waals surface area contributed by atoms with E-state index < -0.39 is 0 Å². The van der Waals surface area contributed by atoms with Crippen molar-refractivity contribution in [2.24, 2.45) is 4.99 Å². The number of carbonyl (C=O) groups excluding carboxylic acids is 1. The maximum Gasteiger partial charge on any atom is 0.322 e. The summed E-state index contributed by atoms with van der Waals surface area (Å²) in [6, 6.07) is 21.3. The Morgan fingerprint density at radius 3 is 2.55 bits per heavy atom. The Morgan fingerprint density at radius 1 is 0.970 bits per heavy atom. The van der Waals surface area contributed by atoms with Gasteiger partial charge in [-0.1, -0.05) is 35.9 Å². The molecule has 7 heteroatoms. The van der Waals surface area contributed by atoms with Gasteiger partial charge in [0.1, 0.15) is 23.0 Å². The van der Waals surface area contributed by atoms with Crippen LogP contribution in [-0.4, -0.2) is 55.0 Å². The monoisotopic (exact) mass is 442 g/mol. The molecule has 7 nitrogen and oxygen atoms in total. The summed E-state index contributed by atoms with van der Waals surface area (Å²) in [5, 5.41) is 2.96. The standard InChI is InChI=1S/C26H26N4O3/c1-18-11-12-22-19(17-18)25(27-21-8-4-6-10-24(21)33-22)29-13-15-30(16-14-29)26(31)28-20-7-3-5-9-23(20)32-2/h3-12,17H,13-16H2,1-2H3,(H,28,31). The van der Waals surface area contributed by atoms with Gasteiger partial charge in [0.05, 0.1) is 18.4 Å². The Kier molecular flexibility index (Phi) is 5.60. The molecule has 5 rings (SSSR count). The number of carbonyl (C=O) groups is 1. The quantitative estimate of drug-likeness (QED) is 0.604. The second-order valence-electron chi connectivity index (χ2n) is 8.11. The zero-order valence-electron chi connectivity index (χ0n) is 18.7. The predicted octanol–water partition coefficient (Wildman–Crippen LogP) is 5.04. The lowest BCUT2D eigenvalue weighted by molar-refractivity contribution is 0.181. The Hall–Kier alpha value is -4.00. The number of urea groups is 1. The molecular weight excluding hydrogens is 416 g/mol. The average molecular weight is 443 g/mol. The minimum absolute atomic E-state index is 0.133. The lowest BCUT2D eigenvalue weighted by Gasteiger charge is -2.36. The van der Waals surface area contributed by atoms with Crippen molar-refractivity contribution < 1.29 is 14.3 Å². The fourth-order valence-electron chi connectivity index (χ4n) is 4.14. The van der Waals surface area contributed by atoms with Crippen LogP contribution in [0.15, 0.2) is 71.7 Å². The minimum Gasteiger partial charge on any atom is -0.495 e. The van der Waals surface area contributed by atoms with E-state index in [9.17, 15) is 4.79 Å². The smallest absolute Gasteiger partial charge is 0.322 e. The first kappa shape index (κ1) is 20.9. The van der Waals surface area contributed by atoms with Crippen LogP contribution in [0.5, 0.6) is 17.2 Å². The molecular formula is C26H26N4O3. The Bertz CT molecular complexity index is 1220. The van der Waals surface area contributed by atoms with Gasteiger partial charge in [-0.05, 0) is 43.3 Å². The van der Waals surface area contributed by atoms with E-state index in [0.717, 1.165) is 34.1 Å². The first-order valence-corrected chi connectivity index (χ1v) is 11.0. The van der Waals surface area contributed by atoms with E-state index >= 15 is 0 Å². The number of nitrogens with zero attached hydrogens (tertiary/aromatic N) is 3. The Labute approximate surface area is 193 Å². The number of amides is 2. The third-order valence-corrected chi connectivity index (χ3v) is 5.90. The molecule has 0 saturated carbocycles. The molecule has 2 amide bonds. The van der Waals surface area contributed by atoms with Crippen LogP contribution in [0.3, 0.4) is 0 Å². The normalized spacial score (nSPS) is 14.9. The Morgan fingerprint density at radius 2 is 1.73 bits per heavy atom. The van der Waals surface area contributed by atoms with Gasteiger partial charge in [0.15, 0.2) is 5.75 Å². The molecule has 2 aliphatic rings. The largest absolute Gasteiger partial charge is 0.495 e. The first-order valence-electron chi connectivity index (χ1n) is 11.0. The number of nitrogens with one attached hydrogen (secondary N) is 1. The topological polar surface area (TPSA) is 66.4 Å². The van der Waals surface area contributed by atoms with Crippen LogP contribution in [0, 0.1) is 6.92 Å². The van der Waals surface area contributed by atoms with Gasteiger partial charge in [0.25, 0.3) is 0 Å². The van der Waals surface area contributed by atoms with Gasteiger partial charge < -0.3 is 24.6 Å². The van der Waals surface area contributed by atoms with E-state index in [2.05, 4.69) is 23.2 Å². The van der Waals surface area contributed by atoms with Crippen molar-refractivity contribution in [3.8, 4) is 17.2 Å². The number of piperazine rings is 1. The summed E-state index contributed by atoms with van der Waals surface area (Å²) in [5.74, 6) is 3.06. The lowest BCUT2D eigenvalue weighted by Crippen LogP contribution is -2.51. The van der Waals surface area contributed by atoms with Crippen molar-refractivity contribution in [3.05, 3.63) is 77.9 Å². The van der Waals surface area contributed by atoms with Crippen LogP contribution in [0.25, 0.3) is 0 Å². The molecule has 3 aromatic rings. The summed E-state index contributed by atoms with van der Waals surface area (Å²) in [7, 11) is 1.60. The summed E-state index contributed by atoms with van der Waals surface area (Å²) >= 11 is 0. The molecule has 0 aromatic heterocycles. The highest BCUT2D eigenvalue weighted by atomic mass is 16.5. The predicted molar refractivity (Wildman–Crippen MR) is 129 cm³/mol. The van der Waals surface area contributed by atoms with E-state index in [1.807, 2.05) is 65.6 Å². The number of rotatable bonds is 2. The summed E-state index contributed by atoms with van der Waals surface area (Å²) < 4.78 is 11.5. The molecule has 0 atom stereocenters. The molecule has 3 aromatic carbocycles. The van der Waals surface area contributed by atoms with Gasteiger partial charge in [-0.25, -0.2) is 9.79 Å². The van der Waals surface area contributed by atoms with Crippen LogP contribution in [-0.2, 0) is 0 Å². The number of anilines is 1. The fourth-order valence-corrected chi connectivity index (χ4v) is 4.14. The number of ether oxygens (including phenoxy) is 2. The van der Waals surface area contributed by atoms with Gasteiger partial charge in [-0.15, -0.1) is 0 Å². The zero-order chi connectivity index (χ0) is 22.8. The van der Waals surface area contributed by atoms with Crippen molar-refractivity contribution in [2.75, 3.05) is 38.6 Å². The average Bonchev–Trinajstić information content (AvgIpc) is 3.01. The van der Waals surface area contributed by atoms with E-state index in [-0.39, 0.29) is 6.03 Å². The van der Waals surface area contributed by atoms with Crippen LogP contribution in [0.4, 0.5) is 16.2 Å². The second kappa shape index (κ2) is 8.86. The molecule has 168 valence electrons. The highest BCUT2D eigenvalue weighted by molar-refractivity contribution is 6.04. The number of hydrogen-bond acceptors (Lipinski definition) is 5. The highest BCUT2D eigenvalue weighted by Gasteiger charge is 2.28. The molecule has 2 heterocycles. The minimum atomic E-state index is -0.133. The summed E-state index contributed by atoms with van der Waals surface area (Å²) in [4.78, 5) is 21.9. The molecule has 0 radical (unpaired) electrons. The SMILES string of the molecule is COc1ccccc1NC(=O)N1CCN(C2=Nc3ccccc3Oc3ccc(C)cc32)CC1. The van der Waals surface area contributed by atoms with E-state index in [1.54, 1.807) is 7.11 Å². The number of aryl methyl sites for hydroxylation is 1. The zero-order valence-corrected chi connectivity index (χ0v) is 18.7. The van der Waals surface area contributed by atoms with Gasteiger partial charge >= 0.3 is 6.03 Å². The fraction of sp³-hybridized carbons (Fsp3) is 0.231. The van der Waals surface area contributed by atoms with Crippen LogP contribution < -0.4 is 14.8 Å². The van der Waals surface area contributed by atoms with Crippen molar-refractivity contribution >= 4 is 23.2 Å². The van der Waals surface area contributed by atoms with E-state index in [1.165, 1.54) is 0 Å². The van der Waals surface area contributed by atoms with E-state index in [4.69, 9.17) is 14.5 Å². The van der Waals surface area contributed by atoms with Gasteiger partial charge in [-0.2, -0.15) is 0 Å². The van der Waals surface area contributed by atoms with Crippen molar-refractivity contribution in [2.45, 2.75) is 6.92 Å². The number of methoxy groups -OCH3 is 1. The van der Waals surface area contributed by atoms with Crippen molar-refractivity contribution in [1.29, 1.82) is 0 Å². The van der Waals surface area contributed by atoms with Gasteiger partial charge in [0.2, 0.25) is 0 Å². The van der Waals surface area contributed by atoms with Crippen LogP contribution in [0.2, 0.25) is 0 Å². The maximum atomic E-state index is 12.9. The molecule has 33 heavy (non-hydrogen) atoms. The van der Waals surface area contributed by atoms with Crippen LogP contribution in [0.1, 0.15) is 11.1 Å². The molecule has 1 fully saturated rings. The number of benzene rings is 3. The van der Waals surface area contributed by atoms with Gasteiger partial charge in [0, 0.05) is 26.2 Å². The summed E-state index contributed by atoms with van der Waals surface area (Å²) in [5.41, 5.74) is 3.58. The van der Waals surface area contributed by atoms with Crippen molar-refractivity contribution in [1.82, 2.24) is 9.80 Å². The molecule has 0 spiro atoms. The molecule has 0 unspecified atom stereocenters. The number of fused-ring (bicyclic) bond motifs is 2. The number of para-hydroxylation sites is 4. The summed E-state index contributed by atoms with van der Waals surface area (Å²) in [6.07, 6.45) is 0.